The van der Waals surface area contributed by atoms with E-state index in [4.69, 9.17) is 4.18 Å². The van der Waals surface area contributed by atoms with Gasteiger partial charge in [-0.05, 0) is 43.2 Å². The van der Waals surface area contributed by atoms with Gasteiger partial charge in [0.05, 0.1) is 0 Å². The maximum atomic E-state index is 12.2. The summed E-state index contributed by atoms with van der Waals surface area (Å²) in [5.74, 6) is 1.55. The van der Waals surface area contributed by atoms with Crippen molar-refractivity contribution in [1.82, 2.24) is 4.31 Å². The predicted octanol–water partition coefficient (Wildman–Crippen LogP) is 1.79. The van der Waals surface area contributed by atoms with Gasteiger partial charge in [-0.1, -0.05) is 18.2 Å². The lowest BCUT2D eigenvalue weighted by Gasteiger charge is -2.12. The fraction of sp³-hybridized carbons (Fsp3) is 0.538. The number of hydrogen-bond donors (Lipinski definition) is 0. The third-order valence-corrected chi connectivity index (χ3v) is 5.94. The summed E-state index contributed by atoms with van der Waals surface area (Å²) >= 11 is 0. The van der Waals surface area contributed by atoms with Gasteiger partial charge in [0.1, 0.15) is 5.75 Å². The van der Waals surface area contributed by atoms with Crippen LogP contribution >= 0.6 is 0 Å². The minimum absolute atomic E-state index is 0.234. The third kappa shape index (κ3) is 1.44. The second-order valence-corrected chi connectivity index (χ2v) is 6.94. The Labute approximate surface area is 107 Å². The van der Waals surface area contributed by atoms with Crippen LogP contribution in [0.25, 0.3) is 0 Å². The first kappa shape index (κ1) is 10.8. The summed E-state index contributed by atoms with van der Waals surface area (Å²) in [5, 5.41) is 0. The fourth-order valence-corrected chi connectivity index (χ4v) is 5.41. The molecule has 5 atom stereocenters. The van der Waals surface area contributed by atoms with Gasteiger partial charge in [0.25, 0.3) is 0 Å². The molecular weight excluding hydrogens is 250 g/mol. The highest BCUT2D eigenvalue weighted by atomic mass is 32.2. The second kappa shape index (κ2) is 3.48. The van der Waals surface area contributed by atoms with Crippen molar-refractivity contribution in [3.8, 4) is 5.75 Å². The van der Waals surface area contributed by atoms with Crippen molar-refractivity contribution >= 4 is 10.3 Å². The van der Waals surface area contributed by atoms with E-state index < -0.39 is 10.3 Å². The molecule has 1 aliphatic heterocycles. The van der Waals surface area contributed by atoms with E-state index in [0.717, 1.165) is 0 Å². The van der Waals surface area contributed by atoms with Crippen molar-refractivity contribution in [2.24, 2.45) is 11.8 Å². The van der Waals surface area contributed by atoms with Crippen molar-refractivity contribution in [1.29, 1.82) is 0 Å². The SMILES string of the molecule is O=S(=O)(Oc1ccccc1)N1[C@@H]2C3CCC(C3)[C@@H]21. The van der Waals surface area contributed by atoms with E-state index in [1.54, 1.807) is 28.6 Å². The number of hydrogen-bond acceptors (Lipinski definition) is 3. The topological polar surface area (TPSA) is 46.4 Å². The monoisotopic (exact) mass is 265 g/mol. The van der Waals surface area contributed by atoms with Gasteiger partial charge in [0.15, 0.2) is 0 Å². The van der Waals surface area contributed by atoms with E-state index in [-0.39, 0.29) is 12.1 Å². The van der Waals surface area contributed by atoms with Crippen LogP contribution in [-0.2, 0) is 10.3 Å². The first-order valence-electron chi connectivity index (χ1n) is 6.45. The third-order valence-electron chi connectivity index (χ3n) is 4.53. The molecule has 2 saturated carbocycles. The summed E-state index contributed by atoms with van der Waals surface area (Å²) in [6.45, 7) is 0. The maximum Gasteiger partial charge on any atom is 0.385 e. The Morgan fingerprint density at radius 3 is 2.28 bits per heavy atom. The molecule has 0 spiro atoms. The Kier molecular flexibility index (Phi) is 2.09. The largest absolute Gasteiger partial charge is 0.385 e. The van der Waals surface area contributed by atoms with Crippen LogP contribution in [-0.4, -0.2) is 24.8 Å². The first-order valence-corrected chi connectivity index (χ1v) is 7.81. The maximum absolute atomic E-state index is 12.2. The lowest BCUT2D eigenvalue weighted by Crippen LogP contribution is -2.25. The van der Waals surface area contributed by atoms with Crippen LogP contribution in [0.5, 0.6) is 5.75 Å². The molecule has 1 aromatic carbocycles. The molecule has 3 unspecified atom stereocenters. The highest BCUT2D eigenvalue weighted by Crippen LogP contribution is 2.59. The molecule has 0 aromatic heterocycles. The molecule has 4 nitrogen and oxygen atoms in total. The van der Waals surface area contributed by atoms with Gasteiger partial charge in [0, 0.05) is 12.1 Å². The summed E-state index contributed by atoms with van der Waals surface area (Å²) in [6, 6.07) is 9.20. The van der Waals surface area contributed by atoms with Crippen LogP contribution in [0.3, 0.4) is 0 Å². The smallest absolute Gasteiger partial charge is 0.371 e. The van der Waals surface area contributed by atoms with Crippen LogP contribution in [0.1, 0.15) is 19.3 Å². The summed E-state index contributed by atoms with van der Waals surface area (Å²) < 4.78 is 31.2. The first-order chi connectivity index (χ1) is 8.67. The highest BCUT2D eigenvalue weighted by Gasteiger charge is 2.69. The molecule has 3 aliphatic rings. The van der Waals surface area contributed by atoms with Crippen molar-refractivity contribution in [3.05, 3.63) is 30.3 Å². The number of rotatable bonds is 3. The van der Waals surface area contributed by atoms with Gasteiger partial charge in [-0.15, -0.1) is 0 Å². The van der Waals surface area contributed by atoms with Crippen molar-refractivity contribution < 1.29 is 12.6 Å². The zero-order valence-corrected chi connectivity index (χ0v) is 10.7. The molecule has 18 heavy (non-hydrogen) atoms. The van der Waals surface area contributed by atoms with Crippen molar-refractivity contribution in [2.75, 3.05) is 0 Å². The quantitative estimate of drug-likeness (QED) is 0.783. The van der Waals surface area contributed by atoms with Gasteiger partial charge in [-0.3, -0.25) is 0 Å². The Morgan fingerprint density at radius 1 is 1.06 bits per heavy atom. The highest BCUT2D eigenvalue weighted by molar-refractivity contribution is 7.85. The summed E-state index contributed by atoms with van der Waals surface area (Å²) in [4.78, 5) is 0. The average molecular weight is 265 g/mol. The van der Waals surface area contributed by atoms with Gasteiger partial charge < -0.3 is 4.18 Å². The predicted molar refractivity (Wildman–Crippen MR) is 66.2 cm³/mol. The zero-order valence-electron chi connectivity index (χ0n) is 9.90. The van der Waals surface area contributed by atoms with E-state index >= 15 is 0 Å². The lowest BCUT2D eigenvalue weighted by molar-refractivity contribution is 0.395. The number of piperidine rings is 1. The number of benzene rings is 1. The summed E-state index contributed by atoms with van der Waals surface area (Å²) in [5.41, 5.74) is 0. The molecule has 5 heteroatoms. The number of nitrogens with zero attached hydrogens (tertiary/aromatic N) is 1. The van der Waals surface area contributed by atoms with Gasteiger partial charge in [-0.2, -0.15) is 12.7 Å². The van der Waals surface area contributed by atoms with E-state index in [0.29, 0.717) is 17.6 Å². The Hall–Kier alpha value is -1.07. The van der Waals surface area contributed by atoms with E-state index in [9.17, 15) is 8.42 Å². The molecule has 1 saturated heterocycles. The Morgan fingerprint density at radius 2 is 1.67 bits per heavy atom. The van der Waals surface area contributed by atoms with Gasteiger partial charge in [0.2, 0.25) is 0 Å². The molecule has 0 amide bonds. The fourth-order valence-electron chi connectivity index (χ4n) is 3.83. The minimum Gasteiger partial charge on any atom is -0.371 e. The van der Waals surface area contributed by atoms with Crippen LogP contribution in [0.15, 0.2) is 30.3 Å². The number of fused-ring (bicyclic) bond motifs is 5. The molecule has 0 radical (unpaired) electrons. The molecule has 96 valence electrons. The van der Waals surface area contributed by atoms with Crippen LogP contribution < -0.4 is 4.18 Å². The number of para-hydroxylation sites is 1. The lowest BCUT2D eigenvalue weighted by atomic mass is 10.0. The van der Waals surface area contributed by atoms with Crippen LogP contribution in [0.2, 0.25) is 0 Å². The van der Waals surface area contributed by atoms with Crippen LogP contribution in [0, 0.1) is 11.8 Å². The molecule has 3 fully saturated rings. The average Bonchev–Trinajstić information content (AvgIpc) is 2.84. The summed E-state index contributed by atoms with van der Waals surface area (Å²) in [6.07, 6.45) is 3.58. The van der Waals surface area contributed by atoms with E-state index in [2.05, 4.69) is 0 Å². The zero-order chi connectivity index (χ0) is 12.3. The van der Waals surface area contributed by atoms with Gasteiger partial charge >= 0.3 is 10.3 Å². The molecular formula is C13H15NO3S. The van der Waals surface area contributed by atoms with Gasteiger partial charge in [-0.25, -0.2) is 0 Å². The van der Waals surface area contributed by atoms with Crippen molar-refractivity contribution in [2.45, 2.75) is 31.3 Å². The van der Waals surface area contributed by atoms with Crippen molar-refractivity contribution in [3.63, 3.8) is 0 Å². The molecule has 2 bridgehead atoms. The minimum atomic E-state index is -3.59. The molecule has 2 aliphatic carbocycles. The Balaban J connectivity index is 1.56. The Bertz CT molecular complexity index is 555. The van der Waals surface area contributed by atoms with Crippen LogP contribution in [0.4, 0.5) is 0 Å². The second-order valence-electron chi connectivity index (χ2n) is 5.50. The molecule has 1 aromatic rings. The normalized spacial score (nSPS) is 40.6. The van der Waals surface area contributed by atoms with E-state index in [1.165, 1.54) is 19.3 Å². The molecule has 4 rings (SSSR count). The summed E-state index contributed by atoms with van der Waals surface area (Å²) in [7, 11) is -3.59. The molecule has 0 N–H and O–H groups in total. The standard InChI is InChI=1S/C13H15NO3S/c15-18(16,17-11-4-2-1-3-5-11)14-12-9-6-7-10(8-9)13(12)14/h1-5,9-10,12-13H,6-8H2/t9?,10?,12-,13+,14?. The van der Waals surface area contributed by atoms with E-state index in [1.807, 2.05) is 6.07 Å². The molecule has 1 heterocycles.